The number of nitrogens with zero attached hydrogens (tertiary/aromatic N) is 2. The molecule has 2 aromatic carbocycles. The van der Waals surface area contributed by atoms with Crippen LogP contribution < -0.4 is 10.2 Å². The summed E-state index contributed by atoms with van der Waals surface area (Å²) in [5.41, 5.74) is 2.79. The number of carbonyl (C=O) groups excluding carboxylic acids is 1. The van der Waals surface area contributed by atoms with Crippen molar-refractivity contribution in [2.75, 3.05) is 16.8 Å². The number of benzene rings is 2. The number of aryl methyl sites for hydroxylation is 1. The van der Waals surface area contributed by atoms with Gasteiger partial charge in [-0.05, 0) is 48.7 Å². The highest BCUT2D eigenvalue weighted by Gasteiger charge is 2.20. The monoisotopic (exact) mass is 365 g/mol. The normalized spacial score (nSPS) is 13.2. The summed E-state index contributed by atoms with van der Waals surface area (Å²) in [4.78, 5) is 18.7. The van der Waals surface area contributed by atoms with Crippen LogP contribution in [0.15, 0.2) is 60.8 Å². The van der Waals surface area contributed by atoms with Gasteiger partial charge >= 0.3 is 0 Å². The van der Waals surface area contributed by atoms with Gasteiger partial charge in [0.25, 0.3) is 5.91 Å². The van der Waals surface area contributed by atoms with Crippen LogP contribution in [-0.4, -0.2) is 17.4 Å². The highest BCUT2D eigenvalue weighted by molar-refractivity contribution is 6.03. The summed E-state index contributed by atoms with van der Waals surface area (Å²) in [5.74, 6) is -2.32. The van der Waals surface area contributed by atoms with Gasteiger partial charge in [0, 0.05) is 24.1 Å². The quantitative estimate of drug-likeness (QED) is 0.732. The number of carbonyl (C=O) groups is 1. The summed E-state index contributed by atoms with van der Waals surface area (Å²) >= 11 is 0. The molecule has 27 heavy (non-hydrogen) atoms. The Labute approximate surface area is 155 Å². The van der Waals surface area contributed by atoms with Crippen molar-refractivity contribution in [3.05, 3.63) is 83.7 Å². The first-order chi connectivity index (χ1) is 13.1. The van der Waals surface area contributed by atoms with E-state index in [4.69, 9.17) is 0 Å². The lowest BCUT2D eigenvalue weighted by atomic mass is 10.0. The van der Waals surface area contributed by atoms with Gasteiger partial charge in [-0.15, -0.1) is 0 Å². The fraction of sp³-hybridized carbons (Fsp3) is 0.143. The lowest BCUT2D eigenvalue weighted by Crippen LogP contribution is -2.25. The lowest BCUT2D eigenvalue weighted by molar-refractivity contribution is 0.102. The van der Waals surface area contributed by atoms with Crippen LogP contribution in [0.4, 0.5) is 25.8 Å². The molecule has 0 bridgehead atoms. The Morgan fingerprint density at radius 3 is 2.63 bits per heavy atom. The zero-order valence-electron chi connectivity index (χ0n) is 14.5. The molecule has 1 N–H and O–H groups in total. The summed E-state index contributed by atoms with van der Waals surface area (Å²) in [6.45, 7) is 0.823. The average molecular weight is 365 g/mol. The number of hydrogen-bond acceptors (Lipinski definition) is 3. The molecule has 1 amide bonds. The maximum Gasteiger partial charge on any atom is 0.274 e. The van der Waals surface area contributed by atoms with Gasteiger partial charge in [-0.1, -0.05) is 24.3 Å². The zero-order valence-corrected chi connectivity index (χ0v) is 14.5. The standard InChI is InChI=1S/C21H17F2N3O/c22-16-7-3-8-17(23)20(16)25-21(27)18-13-15(10-11-24-18)26-12-4-6-14-5-1-2-9-19(14)26/h1-3,5,7-11,13H,4,6,12H2,(H,25,27). The van der Waals surface area contributed by atoms with Crippen molar-refractivity contribution in [1.29, 1.82) is 0 Å². The van der Waals surface area contributed by atoms with Crippen molar-refractivity contribution in [2.45, 2.75) is 12.8 Å². The summed E-state index contributed by atoms with van der Waals surface area (Å²) in [6, 6.07) is 15.0. The molecule has 0 spiro atoms. The number of fused-ring (bicyclic) bond motifs is 1. The molecule has 136 valence electrons. The van der Waals surface area contributed by atoms with E-state index in [0.717, 1.165) is 42.9 Å². The minimum atomic E-state index is -0.829. The SMILES string of the molecule is O=C(Nc1c(F)cccc1F)c1cc(N2CCCc3ccccc32)ccn1. The lowest BCUT2D eigenvalue weighted by Gasteiger charge is -2.31. The van der Waals surface area contributed by atoms with Crippen LogP contribution in [0, 0.1) is 11.6 Å². The number of aromatic nitrogens is 1. The molecule has 3 aromatic rings. The van der Waals surface area contributed by atoms with E-state index in [9.17, 15) is 13.6 Å². The molecule has 4 rings (SSSR count). The molecule has 1 aliphatic heterocycles. The Bertz CT molecular complexity index is 986. The maximum absolute atomic E-state index is 13.8. The predicted octanol–water partition coefficient (Wildman–Crippen LogP) is 4.70. The van der Waals surface area contributed by atoms with Gasteiger partial charge in [0.2, 0.25) is 0 Å². The van der Waals surface area contributed by atoms with Gasteiger partial charge in [-0.3, -0.25) is 9.78 Å². The van der Waals surface area contributed by atoms with Crippen molar-refractivity contribution >= 4 is 23.0 Å². The Hall–Kier alpha value is -3.28. The molecule has 0 saturated heterocycles. The number of rotatable bonds is 3. The van der Waals surface area contributed by atoms with Crippen molar-refractivity contribution in [3.63, 3.8) is 0 Å². The molecule has 2 heterocycles. The molecule has 0 aliphatic carbocycles. The van der Waals surface area contributed by atoms with E-state index in [1.54, 1.807) is 6.07 Å². The molecular weight excluding hydrogens is 348 g/mol. The molecule has 0 radical (unpaired) electrons. The van der Waals surface area contributed by atoms with Crippen LogP contribution >= 0.6 is 0 Å². The highest BCUT2D eigenvalue weighted by atomic mass is 19.1. The Morgan fingerprint density at radius 2 is 1.81 bits per heavy atom. The molecule has 1 aliphatic rings. The van der Waals surface area contributed by atoms with Gasteiger partial charge in [0.1, 0.15) is 23.0 Å². The average Bonchev–Trinajstić information content (AvgIpc) is 2.70. The topological polar surface area (TPSA) is 45.2 Å². The number of anilines is 3. The third kappa shape index (κ3) is 3.38. The van der Waals surface area contributed by atoms with E-state index in [-0.39, 0.29) is 5.69 Å². The maximum atomic E-state index is 13.8. The van der Waals surface area contributed by atoms with E-state index < -0.39 is 23.2 Å². The first-order valence-corrected chi connectivity index (χ1v) is 8.70. The van der Waals surface area contributed by atoms with Gasteiger partial charge in [-0.2, -0.15) is 0 Å². The highest BCUT2D eigenvalue weighted by Crippen LogP contribution is 2.33. The predicted molar refractivity (Wildman–Crippen MR) is 100 cm³/mol. The fourth-order valence-electron chi connectivity index (χ4n) is 3.31. The fourth-order valence-corrected chi connectivity index (χ4v) is 3.31. The first kappa shape index (κ1) is 17.1. The van der Waals surface area contributed by atoms with Crippen molar-refractivity contribution in [1.82, 2.24) is 4.98 Å². The van der Waals surface area contributed by atoms with E-state index in [0.29, 0.717) is 0 Å². The second-order valence-electron chi connectivity index (χ2n) is 6.33. The molecule has 0 unspecified atom stereocenters. The van der Waals surface area contributed by atoms with E-state index in [1.165, 1.54) is 17.8 Å². The number of nitrogens with one attached hydrogen (secondary N) is 1. The second-order valence-corrected chi connectivity index (χ2v) is 6.33. The van der Waals surface area contributed by atoms with Crippen LogP contribution in [0.25, 0.3) is 0 Å². The van der Waals surface area contributed by atoms with E-state index in [1.807, 2.05) is 24.3 Å². The van der Waals surface area contributed by atoms with Gasteiger partial charge < -0.3 is 10.2 Å². The van der Waals surface area contributed by atoms with Crippen LogP contribution in [0.5, 0.6) is 0 Å². The minimum absolute atomic E-state index is 0.0956. The third-order valence-electron chi connectivity index (χ3n) is 4.60. The molecule has 1 aromatic heterocycles. The van der Waals surface area contributed by atoms with Crippen molar-refractivity contribution in [2.24, 2.45) is 0 Å². The Kier molecular flexibility index (Phi) is 4.54. The minimum Gasteiger partial charge on any atom is -0.341 e. The number of amides is 1. The van der Waals surface area contributed by atoms with Crippen molar-refractivity contribution in [3.8, 4) is 0 Å². The van der Waals surface area contributed by atoms with Gasteiger partial charge in [0.15, 0.2) is 0 Å². The second kappa shape index (κ2) is 7.15. The largest absolute Gasteiger partial charge is 0.341 e. The molecule has 4 nitrogen and oxygen atoms in total. The molecule has 0 saturated carbocycles. The molecule has 6 heteroatoms. The number of halogens is 2. The van der Waals surface area contributed by atoms with E-state index >= 15 is 0 Å². The van der Waals surface area contributed by atoms with Gasteiger partial charge in [0.05, 0.1) is 0 Å². The van der Waals surface area contributed by atoms with E-state index in [2.05, 4.69) is 21.3 Å². The van der Waals surface area contributed by atoms with Crippen LogP contribution in [0.2, 0.25) is 0 Å². The molecule has 0 atom stereocenters. The smallest absolute Gasteiger partial charge is 0.274 e. The number of hydrogen-bond donors (Lipinski definition) is 1. The third-order valence-corrected chi connectivity index (χ3v) is 4.60. The summed E-state index contributed by atoms with van der Waals surface area (Å²) in [5, 5.41) is 2.27. The number of para-hydroxylation sites is 2. The van der Waals surface area contributed by atoms with Crippen molar-refractivity contribution < 1.29 is 13.6 Å². The molecule has 0 fully saturated rings. The zero-order chi connectivity index (χ0) is 18.8. The van der Waals surface area contributed by atoms with Crippen LogP contribution in [0.1, 0.15) is 22.5 Å². The Balaban J connectivity index is 1.63. The van der Waals surface area contributed by atoms with Crippen LogP contribution in [0.3, 0.4) is 0 Å². The first-order valence-electron chi connectivity index (χ1n) is 8.70. The van der Waals surface area contributed by atoms with Gasteiger partial charge in [-0.25, -0.2) is 8.78 Å². The summed E-state index contributed by atoms with van der Waals surface area (Å²) < 4.78 is 27.6. The molecular formula is C21H17F2N3O. The summed E-state index contributed by atoms with van der Waals surface area (Å²) in [6.07, 6.45) is 3.54. The number of pyridine rings is 1. The Morgan fingerprint density at radius 1 is 1.04 bits per heavy atom. The summed E-state index contributed by atoms with van der Waals surface area (Å²) in [7, 11) is 0. The van der Waals surface area contributed by atoms with Crippen LogP contribution in [-0.2, 0) is 6.42 Å².